The van der Waals surface area contributed by atoms with E-state index in [0.29, 0.717) is 17.6 Å². The zero-order valence-electron chi connectivity index (χ0n) is 13.4. The molecular formula is C19H27NO2. The van der Waals surface area contributed by atoms with Crippen molar-refractivity contribution in [2.75, 3.05) is 26.3 Å². The van der Waals surface area contributed by atoms with Gasteiger partial charge in [0.05, 0.1) is 13.2 Å². The van der Waals surface area contributed by atoms with Crippen molar-refractivity contribution in [2.24, 2.45) is 0 Å². The Kier molecular flexibility index (Phi) is 7.82. The third-order valence-corrected chi connectivity index (χ3v) is 3.87. The van der Waals surface area contributed by atoms with Gasteiger partial charge in [-0.05, 0) is 0 Å². The molecule has 0 heterocycles. The van der Waals surface area contributed by atoms with Crippen LogP contribution in [0.15, 0.2) is 60.7 Å². The first-order valence-electron chi connectivity index (χ1n) is 7.43. The van der Waals surface area contributed by atoms with Gasteiger partial charge in [0.2, 0.25) is 0 Å². The summed E-state index contributed by atoms with van der Waals surface area (Å²) in [7, 11) is 0. The first kappa shape index (κ1) is 18.4. The largest absolute Gasteiger partial charge is 0.391 e. The molecule has 2 aromatic carbocycles. The van der Waals surface area contributed by atoms with Crippen LogP contribution in [0.2, 0.25) is 0 Å². The molecule has 0 spiro atoms. The molecule has 0 saturated carbocycles. The maximum atomic E-state index is 9.49. The van der Waals surface area contributed by atoms with Crippen LogP contribution >= 0.6 is 0 Å². The fourth-order valence-corrected chi connectivity index (χ4v) is 2.85. The Hall–Kier alpha value is -1.68. The minimum absolute atomic E-state index is 0. The van der Waals surface area contributed by atoms with E-state index in [4.69, 9.17) is 0 Å². The predicted octanol–water partition coefficient (Wildman–Crippen LogP) is 2.64. The van der Waals surface area contributed by atoms with E-state index < -0.39 is 0 Å². The topological polar surface area (TPSA) is 40.5 Å². The first-order valence-corrected chi connectivity index (χ1v) is 7.43. The highest BCUT2D eigenvalue weighted by molar-refractivity contribution is 5.15. The van der Waals surface area contributed by atoms with Crippen molar-refractivity contribution in [3.63, 3.8) is 0 Å². The van der Waals surface area contributed by atoms with Crippen molar-refractivity contribution in [3.8, 4) is 0 Å². The third kappa shape index (κ3) is 5.26. The molecule has 0 aliphatic rings. The summed E-state index contributed by atoms with van der Waals surface area (Å²) in [5.74, 6) is 0. The van der Waals surface area contributed by atoms with Gasteiger partial charge in [-0.3, -0.25) is 0 Å². The fraction of sp³-hybridized carbons (Fsp3) is 0.316. The zero-order valence-corrected chi connectivity index (χ0v) is 13.4. The van der Waals surface area contributed by atoms with E-state index in [1.165, 1.54) is 11.1 Å². The summed E-state index contributed by atoms with van der Waals surface area (Å²) >= 11 is 0. The molecular weight excluding hydrogens is 274 g/mol. The van der Waals surface area contributed by atoms with Gasteiger partial charge in [0, 0.05) is 11.1 Å². The van der Waals surface area contributed by atoms with Gasteiger partial charge in [0.1, 0.15) is 26.2 Å². The lowest BCUT2D eigenvalue weighted by Gasteiger charge is -2.38. The van der Waals surface area contributed by atoms with Crippen LogP contribution in [-0.2, 0) is 13.1 Å². The number of aliphatic hydroxyl groups excluding tert-OH is 2. The average molecular weight is 301 g/mol. The van der Waals surface area contributed by atoms with Crippen molar-refractivity contribution in [2.45, 2.75) is 13.1 Å². The number of hydrogen-bond donors (Lipinski definition) is 2. The second-order valence-electron chi connectivity index (χ2n) is 5.52. The van der Waals surface area contributed by atoms with E-state index in [9.17, 15) is 10.2 Å². The Morgan fingerprint density at radius 1 is 0.636 bits per heavy atom. The lowest BCUT2D eigenvalue weighted by molar-refractivity contribution is -0.954. The van der Waals surface area contributed by atoms with Gasteiger partial charge in [-0.15, -0.1) is 0 Å². The van der Waals surface area contributed by atoms with Crippen molar-refractivity contribution in [1.82, 2.24) is 0 Å². The molecule has 0 fully saturated rings. The Balaban J connectivity index is 0.00000242. The molecule has 0 radical (unpaired) electrons. The van der Waals surface area contributed by atoms with Crippen LogP contribution in [0.5, 0.6) is 0 Å². The lowest BCUT2D eigenvalue weighted by Crippen LogP contribution is -2.50. The van der Waals surface area contributed by atoms with Gasteiger partial charge < -0.3 is 22.1 Å². The molecule has 2 N–H and O–H groups in total. The van der Waals surface area contributed by atoms with E-state index in [-0.39, 0.29) is 20.6 Å². The molecule has 120 valence electrons. The Morgan fingerprint density at radius 3 is 1.32 bits per heavy atom. The van der Waals surface area contributed by atoms with Crippen molar-refractivity contribution >= 4 is 0 Å². The number of rotatable bonds is 8. The zero-order chi connectivity index (χ0) is 15.0. The summed E-state index contributed by atoms with van der Waals surface area (Å²) in [6, 6.07) is 20.6. The van der Waals surface area contributed by atoms with Crippen molar-refractivity contribution in [3.05, 3.63) is 79.2 Å². The monoisotopic (exact) mass is 301 g/mol. The first-order chi connectivity index (χ1) is 10.3. The summed E-state index contributed by atoms with van der Waals surface area (Å²) in [4.78, 5) is 0. The number of benzene rings is 2. The molecule has 0 aliphatic carbocycles. The second kappa shape index (κ2) is 9.36. The third-order valence-electron chi connectivity index (χ3n) is 3.87. The van der Waals surface area contributed by atoms with Crippen LogP contribution < -0.4 is 0 Å². The highest BCUT2D eigenvalue weighted by Gasteiger charge is 2.27. The van der Waals surface area contributed by atoms with Crippen LogP contribution in [0, 0.1) is 7.43 Å². The van der Waals surface area contributed by atoms with Crippen molar-refractivity contribution < 1.29 is 14.7 Å². The molecule has 2 aromatic rings. The minimum atomic E-state index is 0. The Morgan fingerprint density at radius 2 is 1.00 bits per heavy atom. The van der Waals surface area contributed by atoms with E-state index in [1.54, 1.807) is 0 Å². The van der Waals surface area contributed by atoms with Gasteiger partial charge >= 0.3 is 0 Å². The molecule has 3 nitrogen and oxygen atoms in total. The number of nitrogens with zero attached hydrogens (tertiary/aromatic N) is 1. The molecule has 0 bridgehead atoms. The average Bonchev–Trinajstić information content (AvgIpc) is 2.50. The van der Waals surface area contributed by atoms with E-state index in [1.807, 2.05) is 36.4 Å². The molecule has 0 saturated heterocycles. The highest BCUT2D eigenvalue weighted by atomic mass is 16.3. The molecule has 0 unspecified atom stereocenters. The fourth-order valence-electron chi connectivity index (χ4n) is 2.85. The normalized spacial score (nSPS) is 11.0. The molecule has 0 aliphatic heterocycles. The molecule has 3 heteroatoms. The van der Waals surface area contributed by atoms with Gasteiger partial charge in [-0.25, -0.2) is 0 Å². The Labute approximate surface area is 134 Å². The quantitative estimate of drug-likeness (QED) is 0.581. The van der Waals surface area contributed by atoms with Crippen molar-refractivity contribution in [1.29, 1.82) is 0 Å². The smallest absolute Gasteiger partial charge is 0.105 e. The van der Waals surface area contributed by atoms with E-state index >= 15 is 0 Å². The summed E-state index contributed by atoms with van der Waals surface area (Å²) < 4.78 is 0.668. The standard InChI is InChI=1S/C18H24NO2.CH3/c20-13-11-19(12-14-21,15-17-7-3-1-4-8-17)16-18-9-5-2-6-10-18;/h1-10,20-21H,11-16H2;1H3/q+1;-1. The number of aliphatic hydroxyl groups is 2. The summed E-state index contributed by atoms with van der Waals surface area (Å²) in [5.41, 5.74) is 2.46. The molecule has 0 atom stereocenters. The van der Waals surface area contributed by atoms with Crippen LogP contribution in [-0.4, -0.2) is 41.0 Å². The van der Waals surface area contributed by atoms with Gasteiger partial charge in [-0.1, -0.05) is 60.7 Å². The molecule has 2 rings (SSSR count). The summed E-state index contributed by atoms with van der Waals surface area (Å²) in [6.07, 6.45) is 0. The molecule has 0 amide bonds. The van der Waals surface area contributed by atoms with Gasteiger partial charge in [0.15, 0.2) is 0 Å². The van der Waals surface area contributed by atoms with Crippen LogP contribution in [0.4, 0.5) is 0 Å². The number of hydrogen-bond acceptors (Lipinski definition) is 2. The maximum absolute atomic E-state index is 9.49. The lowest BCUT2D eigenvalue weighted by atomic mass is 10.1. The predicted molar refractivity (Wildman–Crippen MR) is 90.9 cm³/mol. The second-order valence-corrected chi connectivity index (χ2v) is 5.52. The van der Waals surface area contributed by atoms with E-state index in [0.717, 1.165) is 13.1 Å². The van der Waals surface area contributed by atoms with Crippen LogP contribution in [0.25, 0.3) is 0 Å². The molecule has 0 aromatic heterocycles. The summed E-state index contributed by atoms with van der Waals surface area (Å²) in [6.45, 7) is 3.17. The molecule has 22 heavy (non-hydrogen) atoms. The summed E-state index contributed by atoms with van der Waals surface area (Å²) in [5, 5.41) is 19.0. The van der Waals surface area contributed by atoms with E-state index in [2.05, 4.69) is 24.3 Å². The van der Waals surface area contributed by atoms with Crippen LogP contribution in [0.1, 0.15) is 11.1 Å². The van der Waals surface area contributed by atoms with Gasteiger partial charge in [0.25, 0.3) is 0 Å². The van der Waals surface area contributed by atoms with Gasteiger partial charge in [-0.2, -0.15) is 0 Å². The van der Waals surface area contributed by atoms with Crippen LogP contribution in [0.3, 0.4) is 0 Å². The Bertz CT molecular complexity index is 464. The number of quaternary nitrogens is 1. The maximum Gasteiger partial charge on any atom is 0.105 e. The highest BCUT2D eigenvalue weighted by Crippen LogP contribution is 2.19. The SMILES string of the molecule is OCC[N+](CCO)(Cc1ccccc1)Cc1ccccc1.[CH3-]. The minimum Gasteiger partial charge on any atom is -0.391 e.